The highest BCUT2D eigenvalue weighted by Crippen LogP contribution is 2.17. The summed E-state index contributed by atoms with van der Waals surface area (Å²) in [7, 11) is -2.20. The van der Waals surface area contributed by atoms with Gasteiger partial charge in [-0.05, 0) is 42.0 Å². The summed E-state index contributed by atoms with van der Waals surface area (Å²) in [6.07, 6.45) is 1.46. The van der Waals surface area contributed by atoms with Crippen molar-refractivity contribution < 1.29 is 13.2 Å². The molecule has 3 N–H and O–H groups in total. The predicted molar refractivity (Wildman–Crippen MR) is 97.5 cm³/mol. The molecule has 0 aromatic heterocycles. The van der Waals surface area contributed by atoms with Crippen molar-refractivity contribution in [2.45, 2.75) is 0 Å². The van der Waals surface area contributed by atoms with Gasteiger partial charge in [0.15, 0.2) is 0 Å². The average Bonchev–Trinajstić information content (AvgIpc) is 2.54. The quantitative estimate of drug-likeness (QED) is 0.757. The minimum atomic E-state index is -3.69. The number of anilines is 2. The van der Waals surface area contributed by atoms with Crippen LogP contribution < -0.4 is 15.4 Å². The van der Waals surface area contributed by atoms with Crippen LogP contribution in [0.3, 0.4) is 0 Å². The van der Waals surface area contributed by atoms with E-state index in [0.717, 1.165) is 5.41 Å². The van der Waals surface area contributed by atoms with E-state index < -0.39 is 16.1 Å². The molecule has 2 rings (SSSR count). The van der Waals surface area contributed by atoms with Crippen molar-refractivity contribution in [2.24, 2.45) is 0 Å². The number of hydrogen-bond donors (Lipinski definition) is 3. The van der Waals surface area contributed by atoms with Gasteiger partial charge < -0.3 is 10.6 Å². The number of sulfonamides is 1. The lowest BCUT2D eigenvalue weighted by molar-refractivity contribution is 0.254. The first-order chi connectivity index (χ1) is 11.4. The van der Waals surface area contributed by atoms with Crippen LogP contribution in [0.2, 0.25) is 5.02 Å². The zero-order chi connectivity index (χ0) is 17.6. The zero-order valence-electron chi connectivity index (χ0n) is 12.8. The normalized spacial score (nSPS) is 11.2. The molecule has 2 amide bonds. The molecule has 126 valence electrons. The Labute approximate surface area is 145 Å². The fourth-order valence-electron chi connectivity index (χ4n) is 1.79. The summed E-state index contributed by atoms with van der Waals surface area (Å²) in [5.74, 6) is 0. The van der Waals surface area contributed by atoms with E-state index in [9.17, 15) is 13.2 Å². The number of benzene rings is 2. The van der Waals surface area contributed by atoms with Crippen LogP contribution in [0.5, 0.6) is 0 Å². The number of urea groups is 1. The molecule has 0 saturated carbocycles. The number of amides is 2. The van der Waals surface area contributed by atoms with Crippen molar-refractivity contribution in [3.05, 3.63) is 64.5 Å². The summed E-state index contributed by atoms with van der Waals surface area (Å²) in [6.45, 7) is 0. The second kappa shape index (κ2) is 7.85. The fourth-order valence-corrected chi connectivity index (χ4v) is 2.78. The second-order valence-electron chi connectivity index (χ2n) is 4.79. The van der Waals surface area contributed by atoms with Crippen LogP contribution >= 0.6 is 11.6 Å². The van der Waals surface area contributed by atoms with E-state index in [1.807, 2.05) is 0 Å². The van der Waals surface area contributed by atoms with Gasteiger partial charge in [0.25, 0.3) is 10.0 Å². The van der Waals surface area contributed by atoms with Crippen LogP contribution in [0.25, 0.3) is 6.08 Å². The number of nitrogens with one attached hydrogen (secondary N) is 3. The molecule has 2 aromatic carbocycles. The third kappa shape index (κ3) is 5.60. The molecule has 0 heterocycles. The Bertz CT molecular complexity index is 849. The average molecular weight is 366 g/mol. The molecule has 0 atom stereocenters. The number of rotatable bonds is 5. The van der Waals surface area contributed by atoms with Gasteiger partial charge in [-0.2, -0.15) is 0 Å². The van der Waals surface area contributed by atoms with Gasteiger partial charge in [-0.25, -0.2) is 13.2 Å². The highest BCUT2D eigenvalue weighted by atomic mass is 35.5. The molecule has 0 saturated heterocycles. The summed E-state index contributed by atoms with van der Waals surface area (Å²) < 4.78 is 26.6. The summed E-state index contributed by atoms with van der Waals surface area (Å²) in [5, 5.41) is 6.62. The van der Waals surface area contributed by atoms with Crippen LogP contribution in [0, 0.1) is 0 Å². The minimum Gasteiger partial charge on any atom is -0.341 e. The van der Waals surface area contributed by atoms with Crippen molar-refractivity contribution in [2.75, 3.05) is 17.1 Å². The summed E-state index contributed by atoms with van der Waals surface area (Å²) in [4.78, 5) is 11.3. The van der Waals surface area contributed by atoms with Crippen LogP contribution in [0.4, 0.5) is 16.2 Å². The molecule has 24 heavy (non-hydrogen) atoms. The third-order valence-electron chi connectivity index (χ3n) is 2.92. The first-order valence-electron chi connectivity index (χ1n) is 6.93. The van der Waals surface area contributed by atoms with E-state index in [1.165, 1.54) is 19.2 Å². The van der Waals surface area contributed by atoms with Gasteiger partial charge in [0.05, 0.1) is 11.1 Å². The van der Waals surface area contributed by atoms with Crippen LogP contribution in [0.1, 0.15) is 5.56 Å². The number of carbonyl (C=O) groups is 1. The van der Waals surface area contributed by atoms with Crippen molar-refractivity contribution in [3.8, 4) is 0 Å². The summed E-state index contributed by atoms with van der Waals surface area (Å²) >= 11 is 5.78. The van der Waals surface area contributed by atoms with Gasteiger partial charge in [-0.3, -0.25) is 4.72 Å². The molecule has 0 aliphatic carbocycles. The van der Waals surface area contributed by atoms with E-state index in [4.69, 9.17) is 11.6 Å². The topological polar surface area (TPSA) is 87.3 Å². The Balaban J connectivity index is 2.09. The predicted octanol–water partition coefficient (Wildman–Crippen LogP) is 3.50. The first-order valence-corrected chi connectivity index (χ1v) is 8.86. The number of carbonyl (C=O) groups excluding carboxylic acids is 1. The largest absolute Gasteiger partial charge is 0.341 e. The lowest BCUT2D eigenvalue weighted by Crippen LogP contribution is -2.24. The highest BCUT2D eigenvalue weighted by Gasteiger charge is 2.07. The highest BCUT2D eigenvalue weighted by molar-refractivity contribution is 7.95. The Morgan fingerprint density at radius 1 is 1.08 bits per heavy atom. The molecule has 8 heteroatoms. The molecule has 0 radical (unpaired) electrons. The van der Waals surface area contributed by atoms with Crippen molar-refractivity contribution >= 4 is 45.1 Å². The Hall–Kier alpha value is -2.51. The molecular formula is C16H16ClN3O3S. The van der Waals surface area contributed by atoms with Crippen molar-refractivity contribution in [3.63, 3.8) is 0 Å². The molecule has 2 aromatic rings. The third-order valence-corrected chi connectivity index (χ3v) is 4.18. The van der Waals surface area contributed by atoms with E-state index in [-0.39, 0.29) is 0 Å². The molecular weight excluding hydrogens is 350 g/mol. The lowest BCUT2D eigenvalue weighted by Gasteiger charge is -2.08. The molecule has 0 fully saturated rings. The maximum atomic E-state index is 12.1. The van der Waals surface area contributed by atoms with Gasteiger partial charge in [0.2, 0.25) is 0 Å². The Kier molecular flexibility index (Phi) is 5.83. The maximum absolute atomic E-state index is 12.1. The molecule has 0 aliphatic heterocycles. The van der Waals surface area contributed by atoms with Gasteiger partial charge >= 0.3 is 6.03 Å². The van der Waals surface area contributed by atoms with Crippen LogP contribution in [-0.2, 0) is 10.0 Å². The SMILES string of the molecule is CNC(=O)Nc1cccc(NS(=O)(=O)/C=C/c2ccc(Cl)cc2)c1. The van der Waals surface area contributed by atoms with Gasteiger partial charge in [0.1, 0.15) is 0 Å². The van der Waals surface area contributed by atoms with Crippen LogP contribution in [-0.4, -0.2) is 21.5 Å². The smallest absolute Gasteiger partial charge is 0.318 e. The van der Waals surface area contributed by atoms with Crippen molar-refractivity contribution in [1.29, 1.82) is 0 Å². The minimum absolute atomic E-state index is 0.338. The van der Waals surface area contributed by atoms with Crippen LogP contribution in [0.15, 0.2) is 53.9 Å². The lowest BCUT2D eigenvalue weighted by atomic mass is 10.2. The summed E-state index contributed by atoms with van der Waals surface area (Å²) in [5.41, 5.74) is 1.51. The second-order valence-corrected chi connectivity index (χ2v) is 6.79. The van der Waals surface area contributed by atoms with E-state index in [0.29, 0.717) is 22.0 Å². The monoisotopic (exact) mass is 365 g/mol. The van der Waals surface area contributed by atoms with E-state index in [1.54, 1.807) is 42.5 Å². The van der Waals surface area contributed by atoms with Gasteiger partial charge in [-0.1, -0.05) is 29.8 Å². The molecule has 0 spiro atoms. The Morgan fingerprint density at radius 3 is 2.42 bits per heavy atom. The van der Waals surface area contributed by atoms with Gasteiger partial charge in [0, 0.05) is 17.8 Å². The number of hydrogen-bond acceptors (Lipinski definition) is 3. The maximum Gasteiger partial charge on any atom is 0.318 e. The zero-order valence-corrected chi connectivity index (χ0v) is 14.4. The molecule has 0 bridgehead atoms. The summed E-state index contributed by atoms with van der Waals surface area (Å²) in [6, 6.07) is 12.8. The van der Waals surface area contributed by atoms with Crippen molar-refractivity contribution in [1.82, 2.24) is 5.32 Å². The van der Waals surface area contributed by atoms with E-state index >= 15 is 0 Å². The standard InChI is InChI=1S/C16H16ClN3O3S/c1-18-16(21)19-14-3-2-4-15(11-14)20-24(22,23)10-9-12-5-7-13(17)8-6-12/h2-11,20H,1H3,(H2,18,19,21)/b10-9+. The first kappa shape index (κ1) is 17.8. The van der Waals surface area contributed by atoms with Gasteiger partial charge in [-0.15, -0.1) is 0 Å². The fraction of sp³-hybridized carbons (Fsp3) is 0.0625. The molecule has 6 nitrogen and oxygen atoms in total. The number of halogens is 1. The Morgan fingerprint density at radius 2 is 1.75 bits per heavy atom. The molecule has 0 unspecified atom stereocenters. The molecule has 0 aliphatic rings. The van der Waals surface area contributed by atoms with E-state index in [2.05, 4.69) is 15.4 Å².